The Hall–Kier alpha value is -1.19. The zero-order valence-electron chi connectivity index (χ0n) is 11.7. The second kappa shape index (κ2) is 6.31. The number of fused-ring (bicyclic) bond motifs is 1. The molecular weight excluding hydrogens is 254 g/mol. The summed E-state index contributed by atoms with van der Waals surface area (Å²) < 4.78 is 0. The fourth-order valence-corrected chi connectivity index (χ4v) is 3.03. The second-order valence-electron chi connectivity index (χ2n) is 4.97. The van der Waals surface area contributed by atoms with Crippen LogP contribution in [-0.2, 0) is 0 Å². The van der Waals surface area contributed by atoms with Crippen LogP contribution < -0.4 is 5.32 Å². The third-order valence-corrected chi connectivity index (χ3v) is 4.18. The van der Waals surface area contributed by atoms with E-state index in [2.05, 4.69) is 31.5 Å². The topological polar surface area (TPSA) is 32.3 Å². The van der Waals surface area contributed by atoms with Gasteiger partial charge in [0, 0.05) is 28.8 Å². The first-order valence-electron chi connectivity index (χ1n) is 6.59. The van der Waals surface area contributed by atoms with Gasteiger partial charge < -0.3 is 10.4 Å². The van der Waals surface area contributed by atoms with E-state index in [1.807, 2.05) is 42.1 Å². The van der Waals surface area contributed by atoms with E-state index in [-0.39, 0.29) is 6.04 Å². The quantitative estimate of drug-likeness (QED) is 0.866. The highest BCUT2D eigenvalue weighted by Gasteiger charge is 2.14. The molecule has 0 amide bonds. The van der Waals surface area contributed by atoms with Crippen molar-refractivity contribution >= 4 is 22.5 Å². The number of benzene rings is 2. The molecular formula is C16H21NOS. The lowest BCUT2D eigenvalue weighted by molar-refractivity contribution is 0.448. The summed E-state index contributed by atoms with van der Waals surface area (Å²) in [7, 11) is 0. The van der Waals surface area contributed by atoms with Crippen LogP contribution in [-0.4, -0.2) is 23.2 Å². The summed E-state index contributed by atoms with van der Waals surface area (Å²) in [5.41, 5.74) is 0.964. The number of hydrogen-bond acceptors (Lipinski definition) is 3. The SMILES string of the molecule is CSCC(C)NC(C)c1ccc2ccccc2c1O. The number of rotatable bonds is 5. The Morgan fingerprint density at radius 2 is 1.89 bits per heavy atom. The largest absolute Gasteiger partial charge is 0.507 e. The zero-order chi connectivity index (χ0) is 13.8. The minimum atomic E-state index is 0.145. The van der Waals surface area contributed by atoms with Gasteiger partial charge in [-0.1, -0.05) is 36.4 Å². The van der Waals surface area contributed by atoms with E-state index in [0.29, 0.717) is 11.8 Å². The van der Waals surface area contributed by atoms with Crippen molar-refractivity contribution in [3.05, 3.63) is 42.0 Å². The molecule has 2 unspecified atom stereocenters. The van der Waals surface area contributed by atoms with Crippen LogP contribution in [0.3, 0.4) is 0 Å². The van der Waals surface area contributed by atoms with E-state index in [9.17, 15) is 5.11 Å². The van der Waals surface area contributed by atoms with Gasteiger partial charge in [-0.2, -0.15) is 11.8 Å². The maximum absolute atomic E-state index is 10.4. The highest BCUT2D eigenvalue weighted by molar-refractivity contribution is 7.98. The van der Waals surface area contributed by atoms with Crippen LogP contribution in [0.1, 0.15) is 25.5 Å². The van der Waals surface area contributed by atoms with Gasteiger partial charge in [-0.25, -0.2) is 0 Å². The first-order chi connectivity index (χ1) is 9.13. The number of aromatic hydroxyl groups is 1. The first kappa shape index (κ1) is 14.2. The van der Waals surface area contributed by atoms with Crippen LogP contribution in [0.5, 0.6) is 5.75 Å². The molecule has 0 spiro atoms. The van der Waals surface area contributed by atoms with E-state index >= 15 is 0 Å². The van der Waals surface area contributed by atoms with Gasteiger partial charge >= 0.3 is 0 Å². The van der Waals surface area contributed by atoms with Crippen LogP contribution >= 0.6 is 11.8 Å². The lowest BCUT2D eigenvalue weighted by Crippen LogP contribution is -2.30. The van der Waals surface area contributed by atoms with E-state index in [4.69, 9.17) is 0 Å². The number of hydrogen-bond donors (Lipinski definition) is 2. The monoisotopic (exact) mass is 275 g/mol. The zero-order valence-corrected chi connectivity index (χ0v) is 12.5. The average molecular weight is 275 g/mol. The summed E-state index contributed by atoms with van der Waals surface area (Å²) in [5.74, 6) is 1.47. The molecule has 0 aliphatic carbocycles. The molecule has 102 valence electrons. The van der Waals surface area contributed by atoms with Gasteiger partial charge in [0.1, 0.15) is 5.75 Å². The Bertz CT molecular complexity index is 555. The van der Waals surface area contributed by atoms with Crippen LogP contribution in [0.25, 0.3) is 10.8 Å². The van der Waals surface area contributed by atoms with E-state index in [1.165, 1.54) is 0 Å². The van der Waals surface area contributed by atoms with Crippen molar-refractivity contribution in [2.45, 2.75) is 25.9 Å². The molecule has 3 heteroatoms. The highest BCUT2D eigenvalue weighted by atomic mass is 32.2. The summed E-state index contributed by atoms with van der Waals surface area (Å²) >= 11 is 1.83. The summed E-state index contributed by atoms with van der Waals surface area (Å²) in [6.45, 7) is 4.27. The Kier molecular flexibility index (Phi) is 4.72. The smallest absolute Gasteiger partial charge is 0.128 e. The van der Waals surface area contributed by atoms with Crippen LogP contribution in [0.4, 0.5) is 0 Å². The molecule has 2 aromatic rings. The van der Waals surface area contributed by atoms with Crippen molar-refractivity contribution in [3.63, 3.8) is 0 Å². The van der Waals surface area contributed by atoms with Crippen LogP contribution in [0.2, 0.25) is 0 Å². The fourth-order valence-electron chi connectivity index (χ4n) is 2.44. The molecule has 19 heavy (non-hydrogen) atoms. The Labute approximate surface area is 119 Å². The van der Waals surface area contributed by atoms with Gasteiger partial charge in [-0.05, 0) is 25.5 Å². The van der Waals surface area contributed by atoms with Gasteiger partial charge in [0.15, 0.2) is 0 Å². The van der Waals surface area contributed by atoms with Gasteiger partial charge in [0.05, 0.1) is 0 Å². The van der Waals surface area contributed by atoms with Gasteiger partial charge in [-0.3, -0.25) is 0 Å². The Morgan fingerprint density at radius 3 is 2.63 bits per heavy atom. The number of nitrogens with one attached hydrogen (secondary N) is 1. The summed E-state index contributed by atoms with van der Waals surface area (Å²) in [4.78, 5) is 0. The maximum Gasteiger partial charge on any atom is 0.128 e. The van der Waals surface area contributed by atoms with E-state index < -0.39 is 0 Å². The summed E-state index contributed by atoms with van der Waals surface area (Å²) in [6.07, 6.45) is 2.11. The lowest BCUT2D eigenvalue weighted by Gasteiger charge is -2.21. The lowest BCUT2D eigenvalue weighted by atomic mass is 10.0. The van der Waals surface area contributed by atoms with Gasteiger partial charge in [0.25, 0.3) is 0 Å². The van der Waals surface area contributed by atoms with E-state index in [0.717, 1.165) is 22.1 Å². The molecule has 0 aliphatic rings. The normalized spacial score (nSPS) is 14.5. The molecule has 0 bridgehead atoms. The van der Waals surface area contributed by atoms with E-state index in [1.54, 1.807) is 0 Å². The predicted octanol–water partition coefficient (Wildman–Crippen LogP) is 3.95. The molecule has 0 fully saturated rings. The van der Waals surface area contributed by atoms with Crippen molar-refractivity contribution in [3.8, 4) is 5.75 Å². The third-order valence-electron chi connectivity index (χ3n) is 3.35. The third kappa shape index (κ3) is 3.23. The summed E-state index contributed by atoms with van der Waals surface area (Å²) in [5, 5.41) is 15.9. The first-order valence-corrected chi connectivity index (χ1v) is 7.98. The molecule has 0 aliphatic heterocycles. The molecule has 0 radical (unpaired) electrons. The molecule has 0 aromatic heterocycles. The second-order valence-corrected chi connectivity index (χ2v) is 5.88. The average Bonchev–Trinajstić information content (AvgIpc) is 2.39. The molecule has 2 atom stereocenters. The Balaban J connectivity index is 2.27. The minimum Gasteiger partial charge on any atom is -0.507 e. The molecule has 0 saturated heterocycles. The van der Waals surface area contributed by atoms with Crippen molar-refractivity contribution in [1.29, 1.82) is 0 Å². The predicted molar refractivity (Wildman–Crippen MR) is 85.0 cm³/mol. The Morgan fingerprint density at radius 1 is 1.16 bits per heavy atom. The van der Waals surface area contributed by atoms with Gasteiger partial charge in [-0.15, -0.1) is 0 Å². The van der Waals surface area contributed by atoms with Crippen molar-refractivity contribution in [2.75, 3.05) is 12.0 Å². The van der Waals surface area contributed by atoms with Crippen LogP contribution in [0, 0.1) is 0 Å². The molecule has 2 aromatic carbocycles. The molecule has 0 saturated carbocycles. The standard InChI is InChI=1S/C16H21NOS/c1-11(10-19-3)17-12(2)14-9-8-13-6-4-5-7-15(13)16(14)18/h4-9,11-12,17-18H,10H2,1-3H3. The molecule has 2 nitrogen and oxygen atoms in total. The van der Waals surface area contributed by atoms with Crippen LogP contribution in [0.15, 0.2) is 36.4 Å². The molecule has 2 N–H and O–H groups in total. The van der Waals surface area contributed by atoms with Crippen molar-refractivity contribution < 1.29 is 5.11 Å². The molecule has 0 heterocycles. The maximum atomic E-state index is 10.4. The van der Waals surface area contributed by atoms with Crippen molar-refractivity contribution in [2.24, 2.45) is 0 Å². The minimum absolute atomic E-state index is 0.145. The number of thioether (sulfide) groups is 1. The van der Waals surface area contributed by atoms with Crippen molar-refractivity contribution in [1.82, 2.24) is 5.32 Å². The summed E-state index contributed by atoms with van der Waals surface area (Å²) in [6, 6.07) is 12.6. The number of phenolic OH excluding ortho intramolecular Hbond substituents is 1. The fraction of sp³-hybridized carbons (Fsp3) is 0.375. The molecule has 2 rings (SSSR count). The highest BCUT2D eigenvalue weighted by Crippen LogP contribution is 2.32. The van der Waals surface area contributed by atoms with Gasteiger partial charge in [0.2, 0.25) is 0 Å². The number of phenols is 1.